The van der Waals surface area contributed by atoms with Crippen LogP contribution in [0.5, 0.6) is 0 Å². The second kappa shape index (κ2) is 9.03. The minimum atomic E-state index is -0.933. The molecule has 0 fully saturated rings. The van der Waals surface area contributed by atoms with Gasteiger partial charge in [0.15, 0.2) is 11.9 Å². The van der Waals surface area contributed by atoms with Gasteiger partial charge in [0, 0.05) is 17.7 Å². The largest absolute Gasteiger partial charge is 0.453 e. The molecule has 0 saturated heterocycles. The Morgan fingerprint density at radius 3 is 2.55 bits per heavy atom. The number of nitrogens with one attached hydrogen (secondary N) is 1. The molecule has 0 aromatic heterocycles. The molecule has 0 radical (unpaired) electrons. The number of hydrogen-bond donors (Lipinski definition) is 1. The number of carbonyl (C=O) groups excluding carboxylic acids is 3. The van der Waals surface area contributed by atoms with Crippen LogP contribution in [0.3, 0.4) is 0 Å². The molecule has 0 unspecified atom stereocenters. The van der Waals surface area contributed by atoms with Crippen LogP contribution < -0.4 is 5.32 Å². The molecule has 1 atom stereocenters. The summed E-state index contributed by atoms with van der Waals surface area (Å²) in [4.78, 5) is 36.8. The topological polar surface area (TPSA) is 72.5 Å². The first-order valence-electron chi connectivity index (χ1n) is 10.1. The van der Waals surface area contributed by atoms with E-state index < -0.39 is 18.0 Å². The van der Waals surface area contributed by atoms with Crippen LogP contribution in [-0.4, -0.2) is 23.8 Å². The Balaban J connectivity index is 1.49. The molecule has 2 aromatic rings. The number of carbonyl (C=O) groups is 3. The van der Waals surface area contributed by atoms with E-state index in [1.165, 1.54) is 18.1 Å². The Bertz CT molecular complexity index is 948. The third-order valence-electron chi connectivity index (χ3n) is 5.31. The summed E-state index contributed by atoms with van der Waals surface area (Å²) in [5.74, 6) is -1.02. The normalized spacial score (nSPS) is 13.5. The average molecular weight is 393 g/mol. The van der Waals surface area contributed by atoms with Crippen LogP contribution >= 0.6 is 0 Å². The van der Waals surface area contributed by atoms with E-state index in [9.17, 15) is 14.4 Å². The Kier molecular flexibility index (Phi) is 6.47. The molecule has 29 heavy (non-hydrogen) atoms. The van der Waals surface area contributed by atoms with Crippen molar-refractivity contribution in [1.82, 2.24) is 0 Å². The SMILES string of the molecule is Cc1ccc(C)c(NC(=O)[C@@H](C)OC(=O)CCC(=O)c2ccc3c(c2)CCC3)c1. The van der Waals surface area contributed by atoms with E-state index >= 15 is 0 Å². The van der Waals surface area contributed by atoms with Gasteiger partial charge in [0.05, 0.1) is 6.42 Å². The van der Waals surface area contributed by atoms with Crippen molar-refractivity contribution in [2.75, 3.05) is 5.32 Å². The second-order valence-electron chi connectivity index (χ2n) is 7.70. The Morgan fingerprint density at radius 2 is 1.76 bits per heavy atom. The van der Waals surface area contributed by atoms with E-state index in [0.29, 0.717) is 11.3 Å². The van der Waals surface area contributed by atoms with Crippen LogP contribution in [0.15, 0.2) is 36.4 Å². The minimum Gasteiger partial charge on any atom is -0.453 e. The van der Waals surface area contributed by atoms with E-state index in [0.717, 1.165) is 30.4 Å². The molecule has 0 heterocycles. The van der Waals surface area contributed by atoms with E-state index in [2.05, 4.69) is 5.32 Å². The van der Waals surface area contributed by atoms with Crippen molar-refractivity contribution in [3.8, 4) is 0 Å². The van der Waals surface area contributed by atoms with Gasteiger partial charge in [-0.1, -0.05) is 24.3 Å². The fourth-order valence-corrected chi connectivity index (χ4v) is 3.52. The first-order chi connectivity index (χ1) is 13.8. The van der Waals surface area contributed by atoms with Crippen molar-refractivity contribution in [2.45, 2.75) is 59.0 Å². The first-order valence-corrected chi connectivity index (χ1v) is 10.1. The highest BCUT2D eigenvalue weighted by atomic mass is 16.5. The van der Waals surface area contributed by atoms with Gasteiger partial charge in [-0.05, 0) is 74.4 Å². The standard InChI is InChI=1S/C24H27NO4/c1-15-7-8-16(2)21(13-15)25-24(28)17(3)29-23(27)12-11-22(26)20-10-9-18-5-4-6-19(18)14-20/h7-10,13-14,17H,4-6,11-12H2,1-3H3,(H,25,28)/t17-/m1/s1. The molecule has 1 aliphatic rings. The zero-order valence-corrected chi connectivity index (χ0v) is 17.2. The summed E-state index contributed by atoms with van der Waals surface area (Å²) in [5.41, 5.74) is 5.84. The monoisotopic (exact) mass is 393 g/mol. The van der Waals surface area contributed by atoms with Gasteiger partial charge in [-0.3, -0.25) is 14.4 Å². The molecule has 1 amide bonds. The summed E-state index contributed by atoms with van der Waals surface area (Å²) in [6.07, 6.45) is 2.29. The molecule has 152 valence electrons. The van der Waals surface area contributed by atoms with Crippen molar-refractivity contribution >= 4 is 23.3 Å². The number of benzene rings is 2. The Labute approximate surface area is 171 Å². The summed E-state index contributed by atoms with van der Waals surface area (Å²) in [5, 5.41) is 2.79. The Hall–Kier alpha value is -2.95. The molecule has 3 rings (SSSR count). The van der Waals surface area contributed by atoms with Gasteiger partial charge in [0.1, 0.15) is 0 Å². The maximum absolute atomic E-state index is 12.4. The number of hydrogen-bond acceptors (Lipinski definition) is 4. The lowest BCUT2D eigenvalue weighted by Crippen LogP contribution is -2.30. The van der Waals surface area contributed by atoms with E-state index in [1.54, 1.807) is 0 Å². The number of anilines is 1. The molecular formula is C24H27NO4. The lowest BCUT2D eigenvalue weighted by molar-refractivity contribution is -0.153. The van der Waals surface area contributed by atoms with Crippen molar-refractivity contribution in [1.29, 1.82) is 0 Å². The number of Topliss-reactive ketones (excluding diaryl/α,β-unsaturated/α-hetero) is 1. The molecule has 5 heteroatoms. The number of ketones is 1. The number of fused-ring (bicyclic) bond motifs is 1. The Morgan fingerprint density at radius 1 is 1.00 bits per heavy atom. The number of rotatable bonds is 7. The molecule has 2 aromatic carbocycles. The maximum Gasteiger partial charge on any atom is 0.307 e. The second-order valence-corrected chi connectivity index (χ2v) is 7.70. The van der Waals surface area contributed by atoms with Gasteiger partial charge in [-0.15, -0.1) is 0 Å². The molecule has 0 spiro atoms. The van der Waals surface area contributed by atoms with Gasteiger partial charge in [0.2, 0.25) is 0 Å². The van der Waals surface area contributed by atoms with E-state index in [1.807, 2.05) is 50.2 Å². The fourth-order valence-electron chi connectivity index (χ4n) is 3.52. The zero-order valence-electron chi connectivity index (χ0n) is 17.2. The van der Waals surface area contributed by atoms with Crippen LogP contribution in [-0.2, 0) is 27.2 Å². The van der Waals surface area contributed by atoms with Crippen molar-refractivity contribution in [3.05, 3.63) is 64.2 Å². The summed E-state index contributed by atoms with van der Waals surface area (Å²) >= 11 is 0. The van der Waals surface area contributed by atoms with Gasteiger partial charge in [-0.25, -0.2) is 0 Å². The van der Waals surface area contributed by atoms with Gasteiger partial charge < -0.3 is 10.1 Å². The molecule has 1 N–H and O–H groups in total. The number of ether oxygens (including phenoxy) is 1. The molecular weight excluding hydrogens is 366 g/mol. The quantitative estimate of drug-likeness (QED) is 0.561. The summed E-state index contributed by atoms with van der Waals surface area (Å²) in [7, 11) is 0. The molecule has 1 aliphatic carbocycles. The highest BCUT2D eigenvalue weighted by Gasteiger charge is 2.20. The average Bonchev–Trinajstić information content (AvgIpc) is 3.16. The van der Waals surface area contributed by atoms with Crippen LogP contribution in [0.25, 0.3) is 0 Å². The van der Waals surface area contributed by atoms with Crippen LogP contribution in [0.1, 0.15) is 58.8 Å². The highest BCUT2D eigenvalue weighted by Crippen LogP contribution is 2.23. The predicted molar refractivity (Wildman–Crippen MR) is 112 cm³/mol. The first kappa shape index (κ1) is 20.8. The summed E-state index contributed by atoms with van der Waals surface area (Å²) in [6, 6.07) is 11.5. The predicted octanol–water partition coefficient (Wildman–Crippen LogP) is 4.33. The molecule has 0 aliphatic heterocycles. The fraction of sp³-hybridized carbons (Fsp3) is 0.375. The third-order valence-corrected chi connectivity index (χ3v) is 5.31. The van der Waals surface area contributed by atoms with Crippen molar-refractivity contribution in [2.24, 2.45) is 0 Å². The van der Waals surface area contributed by atoms with Gasteiger partial charge in [-0.2, -0.15) is 0 Å². The molecule has 0 bridgehead atoms. The van der Waals surface area contributed by atoms with Crippen molar-refractivity contribution in [3.63, 3.8) is 0 Å². The van der Waals surface area contributed by atoms with Crippen LogP contribution in [0.4, 0.5) is 5.69 Å². The maximum atomic E-state index is 12.4. The van der Waals surface area contributed by atoms with Crippen LogP contribution in [0, 0.1) is 13.8 Å². The van der Waals surface area contributed by atoms with E-state index in [-0.39, 0.29) is 18.6 Å². The van der Waals surface area contributed by atoms with Gasteiger partial charge in [0.25, 0.3) is 5.91 Å². The highest BCUT2D eigenvalue weighted by molar-refractivity contribution is 5.98. The van der Waals surface area contributed by atoms with Crippen LogP contribution in [0.2, 0.25) is 0 Å². The third kappa shape index (κ3) is 5.31. The number of amides is 1. The molecule has 5 nitrogen and oxygen atoms in total. The smallest absolute Gasteiger partial charge is 0.307 e. The summed E-state index contributed by atoms with van der Waals surface area (Å²) < 4.78 is 5.21. The van der Waals surface area contributed by atoms with E-state index in [4.69, 9.17) is 4.74 Å². The van der Waals surface area contributed by atoms with Gasteiger partial charge >= 0.3 is 5.97 Å². The molecule has 0 saturated carbocycles. The van der Waals surface area contributed by atoms with Crippen molar-refractivity contribution < 1.29 is 19.1 Å². The lowest BCUT2D eigenvalue weighted by atomic mass is 10.0. The number of aryl methyl sites for hydroxylation is 4. The minimum absolute atomic E-state index is 0.0446. The zero-order chi connectivity index (χ0) is 21.0. The lowest BCUT2D eigenvalue weighted by Gasteiger charge is -2.15. The number of esters is 1. The summed E-state index contributed by atoms with van der Waals surface area (Å²) in [6.45, 7) is 5.37.